The Morgan fingerprint density at radius 2 is 1.70 bits per heavy atom. The van der Waals surface area contributed by atoms with Gasteiger partial charge in [0.05, 0.1) is 39.0 Å². The van der Waals surface area contributed by atoms with Gasteiger partial charge in [0, 0.05) is 6.04 Å². The minimum atomic E-state index is -0.387. The third kappa shape index (κ3) is 4.90. The largest absolute Gasteiger partial charge is 0.486 e. The SMILES string of the molecule is COC(=O)c1ccc(OC2CO[C@H]3CN(C(=O)NC(C)C)C[C@@H]3OC2)cc1. The van der Waals surface area contributed by atoms with E-state index in [2.05, 4.69) is 10.1 Å². The fraction of sp³-hybridized carbons (Fsp3) is 0.579. The fourth-order valence-corrected chi connectivity index (χ4v) is 3.13. The molecule has 0 radical (unpaired) electrons. The van der Waals surface area contributed by atoms with Crippen LogP contribution in [0.25, 0.3) is 0 Å². The second-order valence-corrected chi connectivity index (χ2v) is 7.01. The van der Waals surface area contributed by atoms with Crippen molar-refractivity contribution in [2.75, 3.05) is 33.4 Å². The standard InChI is InChI=1S/C19H26N2O6/c1-12(2)20-19(23)21-8-16-17(9-21)26-11-15(10-25-16)27-14-6-4-13(5-7-14)18(22)24-3/h4-7,12,15-17H,8-11H2,1-3H3,(H,20,23)/t16-,17-/m0/s1. The molecule has 0 spiro atoms. The number of fused-ring (bicyclic) bond motifs is 1. The molecule has 1 aromatic rings. The van der Waals surface area contributed by atoms with Crippen molar-refractivity contribution in [3.05, 3.63) is 29.8 Å². The van der Waals surface area contributed by atoms with E-state index in [1.54, 1.807) is 29.2 Å². The van der Waals surface area contributed by atoms with Crippen molar-refractivity contribution < 1.29 is 28.5 Å². The van der Waals surface area contributed by atoms with E-state index in [9.17, 15) is 9.59 Å². The van der Waals surface area contributed by atoms with Crippen LogP contribution in [0.4, 0.5) is 4.79 Å². The van der Waals surface area contributed by atoms with Crippen LogP contribution in [0.5, 0.6) is 5.75 Å². The maximum atomic E-state index is 12.1. The first kappa shape index (κ1) is 19.4. The first-order valence-electron chi connectivity index (χ1n) is 9.10. The van der Waals surface area contributed by atoms with E-state index in [1.807, 2.05) is 13.8 Å². The lowest BCUT2D eigenvalue weighted by Crippen LogP contribution is -2.42. The zero-order valence-electron chi connectivity index (χ0n) is 15.8. The summed E-state index contributed by atoms with van der Waals surface area (Å²) in [5, 5.41) is 2.89. The van der Waals surface area contributed by atoms with Crippen LogP contribution in [-0.2, 0) is 14.2 Å². The number of hydrogen-bond donors (Lipinski definition) is 1. The highest BCUT2D eigenvalue weighted by Gasteiger charge is 2.39. The number of likely N-dealkylation sites (tertiary alicyclic amines) is 1. The van der Waals surface area contributed by atoms with Crippen LogP contribution in [0.15, 0.2) is 24.3 Å². The second-order valence-electron chi connectivity index (χ2n) is 7.01. The fourth-order valence-electron chi connectivity index (χ4n) is 3.13. The molecule has 2 aliphatic rings. The normalized spacial score (nSPS) is 22.9. The minimum Gasteiger partial charge on any atom is -0.486 e. The Hall–Kier alpha value is -2.32. The van der Waals surface area contributed by atoms with Crippen molar-refractivity contribution in [3.8, 4) is 5.75 Å². The summed E-state index contributed by atoms with van der Waals surface area (Å²) < 4.78 is 22.4. The molecule has 0 bridgehead atoms. The van der Waals surface area contributed by atoms with E-state index in [0.717, 1.165) is 0 Å². The first-order chi connectivity index (χ1) is 13.0. The lowest BCUT2D eigenvalue weighted by atomic mass is 10.2. The van der Waals surface area contributed by atoms with Gasteiger partial charge in [-0.1, -0.05) is 0 Å². The summed E-state index contributed by atoms with van der Waals surface area (Å²) in [6.45, 7) is 5.62. The van der Waals surface area contributed by atoms with Gasteiger partial charge in [0.2, 0.25) is 0 Å². The molecule has 148 valence electrons. The molecule has 2 saturated heterocycles. The number of ether oxygens (including phenoxy) is 4. The molecule has 2 fully saturated rings. The zero-order valence-corrected chi connectivity index (χ0v) is 15.8. The number of esters is 1. The first-order valence-corrected chi connectivity index (χ1v) is 9.10. The molecular weight excluding hydrogens is 352 g/mol. The lowest BCUT2D eigenvalue weighted by Gasteiger charge is -2.21. The van der Waals surface area contributed by atoms with Crippen molar-refractivity contribution in [2.24, 2.45) is 0 Å². The third-order valence-corrected chi connectivity index (χ3v) is 4.49. The summed E-state index contributed by atoms with van der Waals surface area (Å²) in [5.41, 5.74) is 0.465. The average molecular weight is 378 g/mol. The minimum absolute atomic E-state index is 0.0908. The molecule has 1 aromatic carbocycles. The second kappa shape index (κ2) is 8.58. The van der Waals surface area contributed by atoms with Crippen LogP contribution >= 0.6 is 0 Å². The topological polar surface area (TPSA) is 86.3 Å². The van der Waals surface area contributed by atoms with Crippen LogP contribution in [0.1, 0.15) is 24.2 Å². The van der Waals surface area contributed by atoms with E-state index in [-0.39, 0.29) is 36.4 Å². The molecule has 3 rings (SSSR count). The molecule has 8 heteroatoms. The average Bonchev–Trinajstić information content (AvgIpc) is 2.98. The van der Waals surface area contributed by atoms with Crippen LogP contribution in [-0.4, -0.2) is 74.7 Å². The van der Waals surface area contributed by atoms with Crippen LogP contribution in [0, 0.1) is 0 Å². The van der Waals surface area contributed by atoms with Gasteiger partial charge in [0.25, 0.3) is 0 Å². The Bertz CT molecular complexity index is 647. The van der Waals surface area contributed by atoms with Crippen molar-refractivity contribution in [2.45, 2.75) is 38.2 Å². The van der Waals surface area contributed by atoms with Crippen LogP contribution in [0.3, 0.4) is 0 Å². The van der Waals surface area contributed by atoms with E-state index < -0.39 is 0 Å². The molecular formula is C19H26N2O6. The molecule has 0 unspecified atom stereocenters. The van der Waals surface area contributed by atoms with Gasteiger partial charge in [-0.25, -0.2) is 9.59 Å². The molecule has 1 N–H and O–H groups in total. The summed E-state index contributed by atoms with van der Waals surface area (Å²) in [6.07, 6.45) is -0.561. The Balaban J connectivity index is 1.51. The van der Waals surface area contributed by atoms with Crippen molar-refractivity contribution in [1.29, 1.82) is 0 Å². The smallest absolute Gasteiger partial charge is 0.337 e. The van der Waals surface area contributed by atoms with Crippen LogP contribution in [0.2, 0.25) is 0 Å². The van der Waals surface area contributed by atoms with Gasteiger partial charge in [0.1, 0.15) is 24.1 Å². The Labute approximate surface area is 158 Å². The van der Waals surface area contributed by atoms with Crippen molar-refractivity contribution in [1.82, 2.24) is 10.2 Å². The van der Waals surface area contributed by atoms with Gasteiger partial charge in [-0.3, -0.25) is 0 Å². The summed E-state index contributed by atoms with van der Waals surface area (Å²) >= 11 is 0. The van der Waals surface area contributed by atoms with Gasteiger partial charge in [0.15, 0.2) is 0 Å². The number of carbonyl (C=O) groups excluding carboxylic acids is 2. The molecule has 2 heterocycles. The van der Waals surface area contributed by atoms with Gasteiger partial charge in [-0.15, -0.1) is 0 Å². The van der Waals surface area contributed by atoms with Gasteiger partial charge >= 0.3 is 12.0 Å². The van der Waals surface area contributed by atoms with Gasteiger partial charge < -0.3 is 29.2 Å². The summed E-state index contributed by atoms with van der Waals surface area (Å²) in [4.78, 5) is 25.3. The number of methoxy groups -OCH3 is 1. The molecule has 2 atom stereocenters. The number of nitrogens with zero attached hydrogens (tertiary/aromatic N) is 1. The number of rotatable bonds is 4. The Morgan fingerprint density at radius 3 is 2.22 bits per heavy atom. The number of nitrogens with one attached hydrogen (secondary N) is 1. The number of carbonyl (C=O) groups is 2. The molecule has 2 amide bonds. The van der Waals surface area contributed by atoms with Gasteiger partial charge in [-0.05, 0) is 38.1 Å². The highest BCUT2D eigenvalue weighted by molar-refractivity contribution is 5.89. The van der Waals surface area contributed by atoms with Crippen LogP contribution < -0.4 is 10.1 Å². The quantitative estimate of drug-likeness (QED) is 0.798. The number of amides is 2. The predicted molar refractivity (Wildman–Crippen MR) is 96.9 cm³/mol. The van der Waals surface area contributed by atoms with E-state index in [4.69, 9.17) is 14.2 Å². The number of benzene rings is 1. The highest BCUT2D eigenvalue weighted by Crippen LogP contribution is 2.22. The Morgan fingerprint density at radius 1 is 1.11 bits per heavy atom. The maximum Gasteiger partial charge on any atom is 0.337 e. The van der Waals surface area contributed by atoms with E-state index in [1.165, 1.54) is 7.11 Å². The molecule has 27 heavy (non-hydrogen) atoms. The molecule has 0 saturated carbocycles. The van der Waals surface area contributed by atoms with Crippen molar-refractivity contribution >= 4 is 12.0 Å². The van der Waals surface area contributed by atoms with Crippen molar-refractivity contribution in [3.63, 3.8) is 0 Å². The molecule has 2 aliphatic heterocycles. The lowest BCUT2D eigenvalue weighted by molar-refractivity contribution is -0.00461. The molecule has 8 nitrogen and oxygen atoms in total. The maximum absolute atomic E-state index is 12.1. The predicted octanol–water partition coefficient (Wildman–Crippen LogP) is 1.44. The van der Waals surface area contributed by atoms with E-state index in [0.29, 0.717) is 37.6 Å². The Kier molecular flexibility index (Phi) is 6.18. The summed E-state index contributed by atoms with van der Waals surface area (Å²) in [6, 6.07) is 6.74. The highest BCUT2D eigenvalue weighted by atomic mass is 16.6. The third-order valence-electron chi connectivity index (χ3n) is 4.49. The monoisotopic (exact) mass is 378 g/mol. The molecule has 0 aromatic heterocycles. The number of urea groups is 1. The molecule has 0 aliphatic carbocycles. The van der Waals surface area contributed by atoms with Gasteiger partial charge in [-0.2, -0.15) is 0 Å². The zero-order chi connectivity index (χ0) is 19.4. The van der Waals surface area contributed by atoms with E-state index >= 15 is 0 Å². The summed E-state index contributed by atoms with van der Waals surface area (Å²) in [5.74, 6) is 0.242. The number of hydrogen-bond acceptors (Lipinski definition) is 6. The summed E-state index contributed by atoms with van der Waals surface area (Å²) in [7, 11) is 1.34.